The zero-order valence-corrected chi connectivity index (χ0v) is 12.5. The summed E-state index contributed by atoms with van der Waals surface area (Å²) in [5.41, 5.74) is 0.783. The highest BCUT2D eigenvalue weighted by atomic mass is 32.2. The van der Waals surface area contributed by atoms with Crippen LogP contribution in [0.2, 0.25) is 0 Å². The number of halogens is 2. The molecular weight excluding hydrogens is 306 g/mol. The Morgan fingerprint density at radius 1 is 1.24 bits per heavy atom. The van der Waals surface area contributed by atoms with Crippen LogP contribution in [-0.4, -0.2) is 31.5 Å². The molecule has 5 nitrogen and oxygen atoms in total. The summed E-state index contributed by atoms with van der Waals surface area (Å²) in [6.45, 7) is 4.24. The molecule has 21 heavy (non-hydrogen) atoms. The van der Waals surface area contributed by atoms with Gasteiger partial charge in [-0.2, -0.15) is 17.2 Å². The van der Waals surface area contributed by atoms with Gasteiger partial charge in [0.2, 0.25) is 0 Å². The first-order valence-corrected chi connectivity index (χ1v) is 7.50. The van der Waals surface area contributed by atoms with Crippen molar-refractivity contribution in [3.8, 4) is 0 Å². The standard InChI is InChI=1S/C13H16F2O5S/c1-8(2)11(13(14,15)12(16)17)20-21(18,19)10-6-4-9(3)5-7-10/h4-8,11H,1-3H3,(H,16,17). The first-order valence-electron chi connectivity index (χ1n) is 6.09. The number of benzene rings is 1. The van der Waals surface area contributed by atoms with Gasteiger partial charge in [0.05, 0.1) is 4.90 Å². The van der Waals surface area contributed by atoms with Crippen LogP contribution >= 0.6 is 0 Å². The minimum absolute atomic E-state index is 0.306. The molecule has 0 heterocycles. The van der Waals surface area contributed by atoms with E-state index in [0.29, 0.717) is 0 Å². The molecule has 0 bridgehead atoms. The van der Waals surface area contributed by atoms with E-state index >= 15 is 0 Å². The van der Waals surface area contributed by atoms with Crippen molar-refractivity contribution in [2.75, 3.05) is 0 Å². The second kappa shape index (κ2) is 6.07. The van der Waals surface area contributed by atoms with Gasteiger partial charge in [-0.1, -0.05) is 31.5 Å². The maximum Gasteiger partial charge on any atom is 0.377 e. The van der Waals surface area contributed by atoms with Gasteiger partial charge in [0.1, 0.15) is 0 Å². The fraction of sp³-hybridized carbons (Fsp3) is 0.462. The number of hydrogen-bond acceptors (Lipinski definition) is 4. The molecule has 8 heteroatoms. The van der Waals surface area contributed by atoms with Crippen molar-refractivity contribution < 1.29 is 31.3 Å². The number of carbonyl (C=O) groups is 1. The van der Waals surface area contributed by atoms with Gasteiger partial charge >= 0.3 is 11.9 Å². The maximum atomic E-state index is 13.6. The van der Waals surface area contributed by atoms with E-state index in [1.54, 1.807) is 6.92 Å². The summed E-state index contributed by atoms with van der Waals surface area (Å²) in [7, 11) is -4.48. The minimum Gasteiger partial charge on any atom is -0.477 e. The third kappa shape index (κ3) is 3.98. The number of aliphatic carboxylic acids is 1. The van der Waals surface area contributed by atoms with E-state index in [9.17, 15) is 22.0 Å². The van der Waals surface area contributed by atoms with Gasteiger partial charge in [0.15, 0.2) is 6.10 Å². The Labute approximate surface area is 121 Å². The van der Waals surface area contributed by atoms with Crippen molar-refractivity contribution in [2.45, 2.75) is 37.7 Å². The topological polar surface area (TPSA) is 80.7 Å². The first-order chi connectivity index (χ1) is 9.48. The van der Waals surface area contributed by atoms with Gasteiger partial charge in [0.25, 0.3) is 10.1 Å². The number of carboxylic acid groups (broad SMARTS) is 1. The molecule has 0 radical (unpaired) electrons. The van der Waals surface area contributed by atoms with E-state index in [2.05, 4.69) is 4.18 Å². The molecule has 0 aliphatic heterocycles. The van der Waals surface area contributed by atoms with Crippen molar-refractivity contribution in [1.82, 2.24) is 0 Å². The average molecular weight is 322 g/mol. The summed E-state index contributed by atoms with van der Waals surface area (Å²) in [6.07, 6.45) is -2.29. The van der Waals surface area contributed by atoms with Crippen LogP contribution in [0.1, 0.15) is 19.4 Å². The van der Waals surface area contributed by atoms with Crippen LogP contribution in [0.4, 0.5) is 8.78 Å². The van der Waals surface area contributed by atoms with Crippen LogP contribution in [0, 0.1) is 12.8 Å². The zero-order valence-electron chi connectivity index (χ0n) is 11.7. The van der Waals surface area contributed by atoms with Crippen molar-refractivity contribution in [1.29, 1.82) is 0 Å². The first kappa shape index (κ1) is 17.5. The third-order valence-electron chi connectivity index (χ3n) is 2.79. The predicted octanol–water partition coefficient (Wildman–Crippen LogP) is 2.44. The molecule has 118 valence electrons. The normalized spacial score (nSPS) is 14.2. The summed E-state index contributed by atoms with van der Waals surface area (Å²) < 4.78 is 55.6. The molecule has 0 saturated heterocycles. The lowest BCUT2D eigenvalue weighted by molar-refractivity contribution is -0.182. The summed E-state index contributed by atoms with van der Waals surface area (Å²) >= 11 is 0. The molecule has 0 aliphatic rings. The van der Waals surface area contributed by atoms with Gasteiger partial charge in [-0.25, -0.2) is 4.79 Å². The quantitative estimate of drug-likeness (QED) is 0.814. The summed E-state index contributed by atoms with van der Waals surface area (Å²) in [4.78, 5) is 10.3. The molecule has 1 rings (SSSR count). The molecule has 0 spiro atoms. The minimum atomic E-state index is -4.48. The zero-order chi connectivity index (χ0) is 16.4. The lowest BCUT2D eigenvalue weighted by atomic mass is 10.0. The van der Waals surface area contributed by atoms with Crippen LogP contribution in [-0.2, 0) is 19.1 Å². The molecular formula is C13H16F2O5S. The van der Waals surface area contributed by atoms with Crippen molar-refractivity contribution in [2.24, 2.45) is 5.92 Å². The monoisotopic (exact) mass is 322 g/mol. The van der Waals surface area contributed by atoms with E-state index in [0.717, 1.165) is 5.56 Å². The summed E-state index contributed by atoms with van der Waals surface area (Å²) in [6, 6.07) is 5.38. The summed E-state index contributed by atoms with van der Waals surface area (Å²) in [5, 5.41) is 8.54. The highest BCUT2D eigenvalue weighted by Crippen LogP contribution is 2.30. The Morgan fingerprint density at radius 3 is 2.10 bits per heavy atom. The molecule has 1 unspecified atom stereocenters. The van der Waals surface area contributed by atoms with Crippen LogP contribution in [0.15, 0.2) is 29.2 Å². The molecule has 1 aromatic carbocycles. The fourth-order valence-electron chi connectivity index (χ4n) is 1.61. The van der Waals surface area contributed by atoms with Crippen molar-refractivity contribution in [3.63, 3.8) is 0 Å². The SMILES string of the molecule is Cc1ccc(S(=O)(=O)OC(C(C)C)C(F)(F)C(=O)O)cc1. The fourth-order valence-corrected chi connectivity index (χ4v) is 2.81. The summed E-state index contributed by atoms with van der Waals surface area (Å²) in [5.74, 6) is -7.76. The molecule has 1 aromatic rings. The molecule has 0 saturated carbocycles. The van der Waals surface area contributed by atoms with E-state index in [1.165, 1.54) is 38.1 Å². The van der Waals surface area contributed by atoms with Crippen LogP contribution in [0.3, 0.4) is 0 Å². The second-order valence-corrected chi connectivity index (χ2v) is 6.53. The van der Waals surface area contributed by atoms with E-state index in [4.69, 9.17) is 5.11 Å². The van der Waals surface area contributed by atoms with Crippen LogP contribution in [0.25, 0.3) is 0 Å². The Hall–Kier alpha value is -1.54. The third-order valence-corrected chi connectivity index (χ3v) is 4.10. The van der Waals surface area contributed by atoms with E-state index < -0.39 is 34.0 Å². The second-order valence-electron chi connectivity index (χ2n) is 4.96. The molecule has 1 N–H and O–H groups in total. The maximum absolute atomic E-state index is 13.6. The van der Waals surface area contributed by atoms with Gasteiger partial charge in [0, 0.05) is 0 Å². The van der Waals surface area contributed by atoms with Gasteiger partial charge < -0.3 is 5.11 Å². The lowest BCUT2D eigenvalue weighted by Gasteiger charge is -2.26. The molecule has 0 aliphatic carbocycles. The lowest BCUT2D eigenvalue weighted by Crippen LogP contribution is -2.47. The van der Waals surface area contributed by atoms with Crippen LogP contribution in [0.5, 0.6) is 0 Å². The molecule has 0 amide bonds. The Bertz CT molecular complexity index is 608. The number of hydrogen-bond donors (Lipinski definition) is 1. The average Bonchev–Trinajstić information content (AvgIpc) is 2.35. The van der Waals surface area contributed by atoms with E-state index in [-0.39, 0.29) is 4.90 Å². The molecule has 1 atom stereocenters. The highest BCUT2D eigenvalue weighted by Gasteiger charge is 2.52. The Morgan fingerprint density at radius 2 is 1.71 bits per heavy atom. The Kier molecular flexibility index (Phi) is 5.06. The Balaban J connectivity index is 3.14. The smallest absolute Gasteiger partial charge is 0.377 e. The van der Waals surface area contributed by atoms with Crippen LogP contribution < -0.4 is 0 Å². The van der Waals surface area contributed by atoms with E-state index in [1.807, 2.05) is 0 Å². The van der Waals surface area contributed by atoms with Gasteiger partial charge in [-0.3, -0.25) is 4.18 Å². The predicted molar refractivity (Wildman–Crippen MR) is 70.7 cm³/mol. The van der Waals surface area contributed by atoms with Gasteiger partial charge in [-0.05, 0) is 25.0 Å². The number of alkyl halides is 2. The molecule has 0 fully saturated rings. The highest BCUT2D eigenvalue weighted by molar-refractivity contribution is 7.86. The van der Waals surface area contributed by atoms with Crippen molar-refractivity contribution >= 4 is 16.1 Å². The molecule has 0 aromatic heterocycles. The number of rotatable bonds is 6. The van der Waals surface area contributed by atoms with Gasteiger partial charge in [-0.15, -0.1) is 0 Å². The number of aryl methyl sites for hydroxylation is 1. The number of carboxylic acids is 1. The van der Waals surface area contributed by atoms with Crippen molar-refractivity contribution in [3.05, 3.63) is 29.8 Å². The largest absolute Gasteiger partial charge is 0.477 e.